The van der Waals surface area contributed by atoms with Gasteiger partial charge in [-0.3, -0.25) is 14.5 Å². The number of nitrogens with zero attached hydrogens (tertiary/aromatic N) is 4. The van der Waals surface area contributed by atoms with Gasteiger partial charge in [-0.2, -0.15) is 0 Å². The number of carbonyl (C=O) groups is 2. The fourth-order valence-corrected chi connectivity index (χ4v) is 3.69. The van der Waals surface area contributed by atoms with Crippen LogP contribution in [0.4, 0.5) is 0 Å². The number of carbonyl (C=O) groups excluding carboxylic acids is 2. The van der Waals surface area contributed by atoms with Crippen molar-refractivity contribution >= 4 is 23.6 Å². The lowest BCUT2D eigenvalue weighted by atomic mass is 9.97. The third kappa shape index (κ3) is 5.44. The number of hydrogen-bond donors (Lipinski definition) is 0. The Kier molecular flexibility index (Phi) is 7.89. The van der Waals surface area contributed by atoms with Crippen LogP contribution in [0, 0.1) is 5.92 Å². The SMILES string of the molecule is CCOC(=O)C1CCN(C(=O)CSc2nnc([C@H](CC)N(C)C)o2)CC1. The van der Waals surface area contributed by atoms with E-state index in [-0.39, 0.29) is 29.6 Å². The second kappa shape index (κ2) is 9.91. The first-order chi connectivity index (χ1) is 12.5. The molecule has 1 amide bonds. The lowest BCUT2D eigenvalue weighted by molar-refractivity contribution is -0.151. The van der Waals surface area contributed by atoms with Crippen molar-refractivity contribution in [2.75, 3.05) is 39.5 Å². The maximum absolute atomic E-state index is 12.4. The molecule has 1 saturated heterocycles. The third-order valence-electron chi connectivity index (χ3n) is 4.50. The first kappa shape index (κ1) is 20.7. The fourth-order valence-electron chi connectivity index (χ4n) is 3.01. The highest BCUT2D eigenvalue weighted by atomic mass is 32.2. The first-order valence-electron chi connectivity index (χ1n) is 9.03. The first-order valence-corrected chi connectivity index (χ1v) is 10.0. The summed E-state index contributed by atoms with van der Waals surface area (Å²) in [6, 6.07) is 0.0782. The molecule has 1 atom stereocenters. The van der Waals surface area contributed by atoms with E-state index in [2.05, 4.69) is 17.1 Å². The standard InChI is InChI=1S/C17H28N4O4S/c1-5-13(20(3)4)15-18-19-17(25-15)26-11-14(22)21-9-7-12(8-10-21)16(23)24-6-2/h12-13H,5-11H2,1-4H3/t13-/m0/s1. The zero-order valence-corrected chi connectivity index (χ0v) is 16.8. The molecule has 146 valence electrons. The van der Waals surface area contributed by atoms with Gasteiger partial charge in [0.05, 0.1) is 24.3 Å². The molecule has 0 unspecified atom stereocenters. The van der Waals surface area contributed by atoms with E-state index >= 15 is 0 Å². The van der Waals surface area contributed by atoms with Crippen LogP contribution in [-0.4, -0.2) is 71.4 Å². The van der Waals surface area contributed by atoms with Crippen LogP contribution >= 0.6 is 11.8 Å². The molecule has 0 bridgehead atoms. The van der Waals surface area contributed by atoms with Crippen LogP contribution in [0.15, 0.2) is 9.64 Å². The van der Waals surface area contributed by atoms with Crippen molar-refractivity contribution in [3.05, 3.63) is 5.89 Å². The highest BCUT2D eigenvalue weighted by Crippen LogP contribution is 2.25. The van der Waals surface area contributed by atoms with E-state index < -0.39 is 0 Å². The number of piperidine rings is 1. The number of aromatic nitrogens is 2. The average Bonchev–Trinajstić information content (AvgIpc) is 3.09. The molecule has 0 saturated carbocycles. The van der Waals surface area contributed by atoms with E-state index in [0.29, 0.717) is 43.7 Å². The lowest BCUT2D eigenvalue weighted by Gasteiger charge is -2.30. The molecule has 8 nitrogen and oxygen atoms in total. The normalized spacial score (nSPS) is 16.7. The zero-order chi connectivity index (χ0) is 19.1. The molecule has 1 aliphatic heterocycles. The molecule has 1 fully saturated rings. The highest BCUT2D eigenvalue weighted by Gasteiger charge is 2.28. The molecule has 1 aromatic heterocycles. The Hall–Kier alpha value is -1.61. The molecule has 1 aliphatic rings. The largest absolute Gasteiger partial charge is 0.466 e. The second-order valence-electron chi connectivity index (χ2n) is 6.49. The molecule has 0 aliphatic carbocycles. The molecule has 0 N–H and O–H groups in total. The molecule has 0 radical (unpaired) electrons. The molecule has 0 aromatic carbocycles. The summed E-state index contributed by atoms with van der Waals surface area (Å²) in [5, 5.41) is 8.53. The summed E-state index contributed by atoms with van der Waals surface area (Å²) in [5.41, 5.74) is 0. The van der Waals surface area contributed by atoms with Crippen molar-refractivity contribution in [3.63, 3.8) is 0 Å². The highest BCUT2D eigenvalue weighted by molar-refractivity contribution is 7.99. The number of hydrogen-bond acceptors (Lipinski definition) is 8. The number of amides is 1. The average molecular weight is 385 g/mol. The van der Waals surface area contributed by atoms with Gasteiger partial charge in [0.2, 0.25) is 11.8 Å². The number of thioether (sulfide) groups is 1. The van der Waals surface area contributed by atoms with Crippen LogP contribution in [0.3, 0.4) is 0 Å². The van der Waals surface area contributed by atoms with Gasteiger partial charge in [-0.15, -0.1) is 10.2 Å². The van der Waals surface area contributed by atoms with E-state index in [9.17, 15) is 9.59 Å². The van der Waals surface area contributed by atoms with Gasteiger partial charge in [0.15, 0.2) is 0 Å². The van der Waals surface area contributed by atoms with Crippen molar-refractivity contribution in [1.29, 1.82) is 0 Å². The van der Waals surface area contributed by atoms with Gasteiger partial charge >= 0.3 is 5.97 Å². The summed E-state index contributed by atoms with van der Waals surface area (Å²) in [7, 11) is 3.93. The molecule has 26 heavy (non-hydrogen) atoms. The topological polar surface area (TPSA) is 88.8 Å². The summed E-state index contributed by atoms with van der Waals surface area (Å²) in [6.45, 7) is 5.42. The summed E-state index contributed by atoms with van der Waals surface area (Å²) in [4.78, 5) is 27.9. The monoisotopic (exact) mass is 384 g/mol. The number of ether oxygens (including phenoxy) is 1. The Morgan fingerprint density at radius 1 is 1.31 bits per heavy atom. The number of likely N-dealkylation sites (tertiary alicyclic amines) is 1. The minimum absolute atomic E-state index is 0.0247. The van der Waals surface area contributed by atoms with Crippen LogP contribution in [0.25, 0.3) is 0 Å². The van der Waals surface area contributed by atoms with Crippen LogP contribution in [0.1, 0.15) is 45.0 Å². The zero-order valence-electron chi connectivity index (χ0n) is 15.9. The number of rotatable bonds is 8. The Morgan fingerprint density at radius 3 is 2.58 bits per heavy atom. The summed E-state index contributed by atoms with van der Waals surface area (Å²) >= 11 is 1.26. The van der Waals surface area contributed by atoms with E-state index in [4.69, 9.17) is 9.15 Å². The molecule has 2 heterocycles. The molecule has 2 rings (SSSR count). The minimum Gasteiger partial charge on any atom is -0.466 e. The van der Waals surface area contributed by atoms with Crippen molar-refractivity contribution in [2.45, 2.75) is 44.4 Å². The Balaban J connectivity index is 1.79. The second-order valence-corrected chi connectivity index (χ2v) is 7.42. The maximum atomic E-state index is 12.4. The van der Waals surface area contributed by atoms with Gasteiger partial charge in [-0.05, 0) is 40.3 Å². The van der Waals surface area contributed by atoms with E-state index in [1.165, 1.54) is 11.8 Å². The quantitative estimate of drug-likeness (QED) is 0.496. The Bertz CT molecular complexity index is 599. The van der Waals surface area contributed by atoms with Gasteiger partial charge in [0.1, 0.15) is 0 Å². The van der Waals surface area contributed by atoms with Crippen molar-refractivity contribution in [2.24, 2.45) is 5.92 Å². The smallest absolute Gasteiger partial charge is 0.309 e. The molecule has 1 aromatic rings. The summed E-state index contributed by atoms with van der Waals surface area (Å²) in [5.74, 6) is 0.602. The molecule has 9 heteroatoms. The van der Waals surface area contributed by atoms with Crippen molar-refractivity contribution in [3.8, 4) is 0 Å². The third-order valence-corrected chi connectivity index (χ3v) is 5.31. The van der Waals surface area contributed by atoms with Gasteiger partial charge in [-0.25, -0.2) is 0 Å². The van der Waals surface area contributed by atoms with Gasteiger partial charge in [0, 0.05) is 13.1 Å². The maximum Gasteiger partial charge on any atom is 0.309 e. The predicted molar refractivity (Wildman–Crippen MR) is 97.7 cm³/mol. The number of esters is 1. The summed E-state index contributed by atoms with van der Waals surface area (Å²) < 4.78 is 10.7. The van der Waals surface area contributed by atoms with Gasteiger partial charge in [-0.1, -0.05) is 18.7 Å². The molecular formula is C17H28N4O4S. The summed E-state index contributed by atoms with van der Waals surface area (Å²) in [6.07, 6.45) is 2.18. The van der Waals surface area contributed by atoms with E-state index in [0.717, 1.165) is 6.42 Å². The Morgan fingerprint density at radius 2 is 2.00 bits per heavy atom. The Labute approximate surface area is 158 Å². The van der Waals surface area contributed by atoms with E-state index in [1.807, 2.05) is 19.0 Å². The molecule has 0 spiro atoms. The lowest BCUT2D eigenvalue weighted by Crippen LogP contribution is -2.41. The van der Waals surface area contributed by atoms with Crippen molar-refractivity contribution < 1.29 is 18.7 Å². The molecular weight excluding hydrogens is 356 g/mol. The van der Waals surface area contributed by atoms with E-state index in [1.54, 1.807) is 11.8 Å². The van der Waals surface area contributed by atoms with Crippen molar-refractivity contribution in [1.82, 2.24) is 20.0 Å². The van der Waals surface area contributed by atoms with Gasteiger partial charge < -0.3 is 14.1 Å². The van der Waals surface area contributed by atoms with Crippen LogP contribution in [0.5, 0.6) is 0 Å². The minimum atomic E-state index is -0.154. The predicted octanol–water partition coefficient (Wildman–Crippen LogP) is 1.98. The van der Waals surface area contributed by atoms with Crippen LogP contribution in [0.2, 0.25) is 0 Å². The van der Waals surface area contributed by atoms with Gasteiger partial charge in [0.25, 0.3) is 5.22 Å². The van der Waals surface area contributed by atoms with Crippen LogP contribution in [-0.2, 0) is 14.3 Å². The fraction of sp³-hybridized carbons (Fsp3) is 0.765. The van der Waals surface area contributed by atoms with Crippen LogP contribution < -0.4 is 0 Å².